The topological polar surface area (TPSA) is 134 Å². The molecule has 0 unspecified atom stereocenters. The first kappa shape index (κ1) is 28.8. The second kappa shape index (κ2) is 13.1. The highest BCUT2D eigenvalue weighted by Gasteiger charge is 2.41. The molecule has 0 radical (unpaired) electrons. The lowest BCUT2D eigenvalue weighted by Crippen LogP contribution is -2.65. The van der Waals surface area contributed by atoms with Crippen LogP contribution in [0.1, 0.15) is 31.1 Å². The van der Waals surface area contributed by atoms with Crippen molar-refractivity contribution < 1.29 is 33.4 Å². The molecule has 2 N–H and O–H groups in total. The number of nitrogens with one attached hydrogen (secondary N) is 2. The molecular weight excluding hydrogens is 536 g/mol. The zero-order valence-corrected chi connectivity index (χ0v) is 22.3. The van der Waals surface area contributed by atoms with E-state index in [0.29, 0.717) is 5.56 Å². The molecule has 2 atom stereocenters. The van der Waals surface area contributed by atoms with E-state index in [4.69, 9.17) is 4.74 Å². The number of allylic oxidation sites excluding steroid dienone is 1. The lowest BCUT2D eigenvalue weighted by atomic mass is 10.0. The summed E-state index contributed by atoms with van der Waals surface area (Å²) in [5.41, 5.74) is 0.406. The fraction of sp³-hybridized carbons (Fsp3) is 0.458. The number of ketones is 1. The van der Waals surface area contributed by atoms with Crippen LogP contribution in [0, 0.1) is 5.92 Å². The third kappa shape index (κ3) is 7.80. The minimum atomic E-state index is -1.12. The molecule has 0 saturated carbocycles. The average Bonchev–Trinajstić information content (AvgIpc) is 2.84. The van der Waals surface area contributed by atoms with Crippen LogP contribution in [0.5, 0.6) is 0 Å². The van der Waals surface area contributed by atoms with Crippen molar-refractivity contribution in [1.82, 2.24) is 20.4 Å². The molecule has 0 spiro atoms. The van der Waals surface area contributed by atoms with Gasteiger partial charge in [-0.2, -0.15) is 0 Å². The Balaban J connectivity index is 2.23. The van der Waals surface area contributed by atoms with E-state index in [-0.39, 0.29) is 43.6 Å². The van der Waals surface area contributed by atoms with Gasteiger partial charge < -0.3 is 29.9 Å². The van der Waals surface area contributed by atoms with Crippen molar-refractivity contribution in [2.75, 3.05) is 33.3 Å². The van der Waals surface area contributed by atoms with E-state index in [0.717, 1.165) is 4.47 Å². The van der Waals surface area contributed by atoms with E-state index >= 15 is 0 Å². The van der Waals surface area contributed by atoms with Gasteiger partial charge in [0.05, 0.1) is 26.0 Å². The van der Waals surface area contributed by atoms with Gasteiger partial charge in [0.1, 0.15) is 12.1 Å². The standard InChI is InChI=1S/C24H31BrN4O7/c1-14(2)20(27-23(33)35-5)22(32)29-11-10-28(24(34)36-15(3)4)13-18(29)21(31)26-12-19(30)16-6-8-17(25)9-7-16/h6-9,14,18,20H,3,10-13H2,1-2,4-5H3,(H,26,31)(H,27,33)/t18-,20-/m0/s1. The summed E-state index contributed by atoms with van der Waals surface area (Å²) in [6.07, 6.45) is -1.49. The van der Waals surface area contributed by atoms with Crippen LogP contribution < -0.4 is 10.6 Å². The molecule has 1 saturated heterocycles. The normalized spacial score (nSPS) is 16.1. The summed E-state index contributed by atoms with van der Waals surface area (Å²) >= 11 is 3.30. The van der Waals surface area contributed by atoms with Crippen LogP contribution in [-0.4, -0.2) is 85.0 Å². The first-order chi connectivity index (χ1) is 16.9. The van der Waals surface area contributed by atoms with Crippen molar-refractivity contribution in [3.63, 3.8) is 0 Å². The number of carbonyl (C=O) groups is 5. The number of hydrogen-bond donors (Lipinski definition) is 2. The number of piperazine rings is 1. The number of hydrogen-bond acceptors (Lipinski definition) is 7. The van der Waals surface area contributed by atoms with Gasteiger partial charge in [0, 0.05) is 23.1 Å². The van der Waals surface area contributed by atoms with E-state index < -0.39 is 36.1 Å². The van der Waals surface area contributed by atoms with Crippen molar-refractivity contribution in [3.05, 3.63) is 46.6 Å². The van der Waals surface area contributed by atoms with Crippen molar-refractivity contribution >= 4 is 45.7 Å². The number of Topliss-reactive ketones (excluding diaryl/α,β-unsaturated/α-hetero) is 1. The third-order valence-electron chi connectivity index (χ3n) is 5.47. The molecule has 11 nitrogen and oxygen atoms in total. The molecule has 1 aromatic rings. The molecule has 12 heteroatoms. The summed E-state index contributed by atoms with van der Waals surface area (Å²) in [5, 5.41) is 5.07. The SMILES string of the molecule is C=C(C)OC(=O)N1CCN(C(=O)[C@@H](NC(=O)OC)C(C)C)[C@H](C(=O)NCC(=O)c2ccc(Br)cc2)C1. The second-order valence-electron chi connectivity index (χ2n) is 8.57. The molecule has 196 valence electrons. The van der Waals surface area contributed by atoms with Gasteiger partial charge in [-0.25, -0.2) is 9.59 Å². The van der Waals surface area contributed by atoms with Gasteiger partial charge in [-0.3, -0.25) is 14.4 Å². The molecule has 0 bridgehead atoms. The Morgan fingerprint density at radius 3 is 2.33 bits per heavy atom. The number of halogens is 1. The fourth-order valence-corrected chi connectivity index (χ4v) is 3.82. The first-order valence-corrected chi connectivity index (χ1v) is 12.1. The highest BCUT2D eigenvalue weighted by molar-refractivity contribution is 9.10. The van der Waals surface area contributed by atoms with E-state index in [1.807, 2.05) is 0 Å². The van der Waals surface area contributed by atoms with Crippen LogP contribution in [0.15, 0.2) is 41.1 Å². The average molecular weight is 567 g/mol. The van der Waals surface area contributed by atoms with Crippen LogP contribution >= 0.6 is 15.9 Å². The van der Waals surface area contributed by atoms with Crippen LogP contribution in [-0.2, 0) is 19.1 Å². The summed E-state index contributed by atoms with van der Waals surface area (Å²) in [5.74, 6) is -1.59. The summed E-state index contributed by atoms with van der Waals surface area (Å²) < 4.78 is 10.5. The molecule has 4 amide bonds. The zero-order valence-electron chi connectivity index (χ0n) is 20.7. The zero-order chi connectivity index (χ0) is 27.0. The predicted molar refractivity (Wildman–Crippen MR) is 134 cm³/mol. The van der Waals surface area contributed by atoms with E-state index in [2.05, 4.69) is 37.9 Å². The van der Waals surface area contributed by atoms with E-state index in [1.165, 1.54) is 23.8 Å². The van der Waals surface area contributed by atoms with Gasteiger partial charge in [-0.05, 0) is 25.0 Å². The summed E-state index contributed by atoms with van der Waals surface area (Å²) in [4.78, 5) is 66.0. The molecule has 0 aromatic heterocycles. The summed E-state index contributed by atoms with van der Waals surface area (Å²) in [6, 6.07) is 4.57. The van der Waals surface area contributed by atoms with Crippen molar-refractivity contribution in [2.45, 2.75) is 32.9 Å². The number of benzene rings is 1. The lowest BCUT2D eigenvalue weighted by molar-refractivity contribution is -0.145. The molecule has 0 aliphatic carbocycles. The Bertz CT molecular complexity index is 1010. The maximum atomic E-state index is 13.4. The maximum absolute atomic E-state index is 13.4. The van der Waals surface area contributed by atoms with Gasteiger partial charge in [0.15, 0.2) is 5.78 Å². The predicted octanol–water partition coefficient (Wildman–Crippen LogP) is 2.31. The molecule has 2 rings (SSSR count). The lowest BCUT2D eigenvalue weighted by Gasteiger charge is -2.41. The Morgan fingerprint density at radius 2 is 1.78 bits per heavy atom. The largest absolute Gasteiger partial charge is 0.453 e. The molecular formula is C24H31BrN4O7. The number of amides is 4. The summed E-state index contributed by atoms with van der Waals surface area (Å²) in [6.45, 7) is 8.18. The van der Waals surface area contributed by atoms with E-state index in [9.17, 15) is 24.0 Å². The second-order valence-corrected chi connectivity index (χ2v) is 9.48. The van der Waals surface area contributed by atoms with Crippen molar-refractivity contribution in [1.29, 1.82) is 0 Å². The molecule has 1 heterocycles. The number of methoxy groups -OCH3 is 1. The highest BCUT2D eigenvalue weighted by atomic mass is 79.9. The van der Waals surface area contributed by atoms with Crippen LogP contribution in [0.4, 0.5) is 9.59 Å². The quantitative estimate of drug-likeness (QED) is 0.364. The van der Waals surface area contributed by atoms with Gasteiger partial charge in [-0.15, -0.1) is 0 Å². The first-order valence-electron chi connectivity index (χ1n) is 11.3. The molecule has 36 heavy (non-hydrogen) atoms. The molecule has 1 aromatic carbocycles. The fourth-order valence-electron chi connectivity index (χ4n) is 3.55. The Morgan fingerprint density at radius 1 is 1.14 bits per heavy atom. The minimum absolute atomic E-state index is 0.00887. The molecule has 1 aliphatic rings. The number of ether oxygens (including phenoxy) is 2. The smallest absolute Gasteiger partial charge is 0.415 e. The Labute approximate surface area is 218 Å². The molecule has 1 aliphatic heterocycles. The molecule has 1 fully saturated rings. The van der Waals surface area contributed by atoms with Crippen LogP contribution in [0.25, 0.3) is 0 Å². The van der Waals surface area contributed by atoms with Crippen LogP contribution in [0.3, 0.4) is 0 Å². The number of alkyl carbamates (subject to hydrolysis) is 1. The van der Waals surface area contributed by atoms with Crippen LogP contribution in [0.2, 0.25) is 0 Å². The number of rotatable bonds is 8. The highest BCUT2D eigenvalue weighted by Crippen LogP contribution is 2.17. The number of carbonyl (C=O) groups excluding carboxylic acids is 5. The number of nitrogens with zero attached hydrogens (tertiary/aromatic N) is 2. The van der Waals surface area contributed by atoms with Gasteiger partial charge in [-0.1, -0.05) is 48.5 Å². The van der Waals surface area contributed by atoms with Gasteiger partial charge in [0.25, 0.3) is 0 Å². The van der Waals surface area contributed by atoms with E-state index in [1.54, 1.807) is 38.1 Å². The third-order valence-corrected chi connectivity index (χ3v) is 6.00. The monoisotopic (exact) mass is 566 g/mol. The van der Waals surface area contributed by atoms with Crippen molar-refractivity contribution in [2.24, 2.45) is 5.92 Å². The maximum Gasteiger partial charge on any atom is 0.415 e. The minimum Gasteiger partial charge on any atom is -0.453 e. The van der Waals surface area contributed by atoms with Crippen molar-refractivity contribution in [3.8, 4) is 0 Å². The van der Waals surface area contributed by atoms with Gasteiger partial charge in [0.2, 0.25) is 11.8 Å². The van der Waals surface area contributed by atoms with Gasteiger partial charge >= 0.3 is 12.2 Å². The summed E-state index contributed by atoms with van der Waals surface area (Å²) in [7, 11) is 1.18. The Kier molecular flexibility index (Phi) is 10.5. The Hall–Kier alpha value is -3.41.